The molecule has 0 aliphatic rings. The molecule has 1 N–H and O–H groups in total. The Morgan fingerprint density at radius 1 is 0.933 bits per heavy atom. The minimum atomic E-state index is -0.663. The van der Waals surface area contributed by atoms with Gasteiger partial charge in [0.25, 0.3) is 0 Å². The van der Waals surface area contributed by atoms with E-state index in [9.17, 15) is 5.11 Å². The lowest BCUT2D eigenvalue weighted by Gasteiger charge is -2.27. The van der Waals surface area contributed by atoms with Crippen molar-refractivity contribution < 1.29 is 19.3 Å². The molecule has 0 radical (unpaired) electrons. The third-order valence-corrected chi connectivity index (χ3v) is 5.96. The zero-order chi connectivity index (χ0) is 22.3. The van der Waals surface area contributed by atoms with Gasteiger partial charge < -0.3 is 19.3 Å². The Hall–Kier alpha value is -1.17. The molecule has 0 saturated carbocycles. The maximum absolute atomic E-state index is 9.71. The van der Waals surface area contributed by atoms with E-state index in [4.69, 9.17) is 49.0 Å². The van der Waals surface area contributed by atoms with E-state index < -0.39 is 6.10 Å². The summed E-state index contributed by atoms with van der Waals surface area (Å²) in [7, 11) is 1.54. The molecular formula is C23H29Cl3O4. The van der Waals surface area contributed by atoms with Gasteiger partial charge >= 0.3 is 0 Å². The van der Waals surface area contributed by atoms with Crippen LogP contribution in [0.15, 0.2) is 36.4 Å². The Labute approximate surface area is 194 Å². The quantitative estimate of drug-likeness (QED) is 0.407. The molecule has 0 unspecified atom stereocenters. The normalized spacial score (nSPS) is 13.7. The highest BCUT2D eigenvalue weighted by molar-refractivity contribution is 6.37. The lowest BCUT2D eigenvalue weighted by atomic mass is 9.78. The number of hydrogen-bond donors (Lipinski definition) is 1. The van der Waals surface area contributed by atoms with Gasteiger partial charge in [-0.15, -0.1) is 11.6 Å². The molecule has 30 heavy (non-hydrogen) atoms. The van der Waals surface area contributed by atoms with Crippen LogP contribution in [-0.4, -0.2) is 44.0 Å². The summed E-state index contributed by atoms with van der Waals surface area (Å²) in [5, 5.41) is 10.7. The number of alkyl halides is 1. The molecule has 0 saturated heterocycles. The monoisotopic (exact) mass is 474 g/mol. The first-order valence-corrected chi connectivity index (χ1v) is 11.1. The Morgan fingerprint density at radius 2 is 1.53 bits per heavy atom. The van der Waals surface area contributed by atoms with Crippen LogP contribution in [0.25, 0.3) is 0 Å². The zero-order valence-corrected chi connectivity index (χ0v) is 20.0. The van der Waals surface area contributed by atoms with Gasteiger partial charge in [0, 0.05) is 24.3 Å². The average molecular weight is 476 g/mol. The number of aliphatic hydroxyl groups excluding tert-OH is 1. The topological polar surface area (TPSA) is 47.9 Å². The van der Waals surface area contributed by atoms with E-state index in [1.807, 2.05) is 43.3 Å². The summed E-state index contributed by atoms with van der Waals surface area (Å²) in [6.45, 7) is 7.06. The van der Waals surface area contributed by atoms with Crippen molar-refractivity contribution in [3.63, 3.8) is 0 Å². The number of halogens is 3. The van der Waals surface area contributed by atoms with E-state index in [1.54, 1.807) is 0 Å². The molecule has 4 nitrogen and oxygen atoms in total. The van der Waals surface area contributed by atoms with E-state index in [0.29, 0.717) is 34.0 Å². The maximum atomic E-state index is 9.71. The van der Waals surface area contributed by atoms with Crippen molar-refractivity contribution >= 4 is 34.8 Å². The van der Waals surface area contributed by atoms with Gasteiger partial charge in [-0.3, -0.25) is 0 Å². The van der Waals surface area contributed by atoms with Gasteiger partial charge in [0.1, 0.15) is 18.5 Å². The fourth-order valence-corrected chi connectivity index (χ4v) is 3.58. The Balaban J connectivity index is 2.16. The van der Waals surface area contributed by atoms with Crippen molar-refractivity contribution in [3.8, 4) is 11.5 Å². The smallest absolute Gasteiger partial charge is 0.156 e. The Bertz CT molecular complexity index is 786. The van der Waals surface area contributed by atoms with E-state index >= 15 is 0 Å². The van der Waals surface area contributed by atoms with Crippen LogP contribution in [0.3, 0.4) is 0 Å². The molecule has 7 heteroatoms. The molecule has 0 aromatic heterocycles. The van der Waals surface area contributed by atoms with Crippen molar-refractivity contribution in [2.75, 3.05) is 32.8 Å². The van der Waals surface area contributed by atoms with Crippen molar-refractivity contribution in [2.24, 2.45) is 5.92 Å². The number of ether oxygens (including phenoxy) is 3. The Kier molecular flexibility index (Phi) is 9.58. The van der Waals surface area contributed by atoms with Gasteiger partial charge in [0.2, 0.25) is 0 Å². The fourth-order valence-electron chi connectivity index (χ4n) is 2.90. The zero-order valence-electron chi connectivity index (χ0n) is 17.8. The minimum Gasteiger partial charge on any atom is -0.491 e. The predicted molar refractivity (Wildman–Crippen MR) is 124 cm³/mol. The van der Waals surface area contributed by atoms with E-state index in [2.05, 4.69) is 13.8 Å². The second-order valence-corrected chi connectivity index (χ2v) is 9.03. The molecule has 0 bridgehead atoms. The van der Waals surface area contributed by atoms with Crippen LogP contribution in [0.4, 0.5) is 0 Å². The van der Waals surface area contributed by atoms with Crippen LogP contribution < -0.4 is 9.47 Å². The Morgan fingerprint density at radius 3 is 2.07 bits per heavy atom. The van der Waals surface area contributed by atoms with E-state index in [1.165, 1.54) is 7.11 Å². The summed E-state index contributed by atoms with van der Waals surface area (Å²) in [5.74, 6) is 1.86. The average Bonchev–Trinajstić information content (AvgIpc) is 2.71. The van der Waals surface area contributed by atoms with Crippen LogP contribution in [0.2, 0.25) is 10.0 Å². The molecule has 0 aliphatic heterocycles. The first-order chi connectivity index (χ1) is 14.2. The van der Waals surface area contributed by atoms with Crippen molar-refractivity contribution in [1.82, 2.24) is 0 Å². The highest BCUT2D eigenvalue weighted by atomic mass is 35.5. The molecule has 0 fully saturated rings. The van der Waals surface area contributed by atoms with Crippen LogP contribution in [0.1, 0.15) is 31.9 Å². The molecule has 2 rings (SSSR count). The summed E-state index contributed by atoms with van der Waals surface area (Å²) in [6.07, 6.45) is -0.663. The predicted octanol–water partition coefficient (Wildman–Crippen LogP) is 5.96. The fraction of sp³-hybridized carbons (Fsp3) is 0.478. The highest BCUT2D eigenvalue weighted by Crippen LogP contribution is 2.40. The lowest BCUT2D eigenvalue weighted by Crippen LogP contribution is -2.22. The van der Waals surface area contributed by atoms with Crippen LogP contribution in [0.5, 0.6) is 11.5 Å². The maximum Gasteiger partial charge on any atom is 0.156 e. The first kappa shape index (κ1) is 25.1. The number of aliphatic hydroxyl groups is 1. The van der Waals surface area contributed by atoms with Gasteiger partial charge in [-0.25, -0.2) is 0 Å². The van der Waals surface area contributed by atoms with E-state index in [-0.39, 0.29) is 24.5 Å². The van der Waals surface area contributed by atoms with Gasteiger partial charge in [-0.2, -0.15) is 0 Å². The number of benzene rings is 2. The molecule has 2 aromatic rings. The molecule has 0 heterocycles. The molecule has 166 valence electrons. The summed E-state index contributed by atoms with van der Waals surface area (Å²) in [4.78, 5) is 0. The number of hydrogen-bond acceptors (Lipinski definition) is 4. The van der Waals surface area contributed by atoms with Crippen molar-refractivity contribution in [1.29, 1.82) is 0 Å². The summed E-state index contributed by atoms with van der Waals surface area (Å²) in [5.41, 5.74) is 1.70. The van der Waals surface area contributed by atoms with Gasteiger partial charge in [0.15, 0.2) is 5.75 Å². The minimum absolute atomic E-state index is 0.172. The van der Waals surface area contributed by atoms with Gasteiger partial charge in [-0.05, 0) is 35.4 Å². The summed E-state index contributed by atoms with van der Waals surface area (Å²) in [6, 6.07) is 11.5. The first-order valence-electron chi connectivity index (χ1n) is 9.77. The second kappa shape index (κ2) is 11.4. The molecule has 0 aliphatic carbocycles. The van der Waals surface area contributed by atoms with E-state index in [0.717, 1.165) is 11.1 Å². The molecular weight excluding hydrogens is 447 g/mol. The largest absolute Gasteiger partial charge is 0.491 e. The van der Waals surface area contributed by atoms with Crippen molar-refractivity contribution in [2.45, 2.75) is 32.3 Å². The van der Waals surface area contributed by atoms with Gasteiger partial charge in [0.05, 0.1) is 23.3 Å². The second-order valence-electron chi connectivity index (χ2n) is 7.91. The SMILES string of the molecule is COC[C@@H](O)COc1ccc(C(C)(C)c2cc(Cl)c(OC[C@@H](C)CCl)c(Cl)c2)cc1. The van der Waals surface area contributed by atoms with Gasteiger partial charge in [-0.1, -0.05) is 56.1 Å². The molecule has 2 aromatic carbocycles. The number of rotatable bonds is 11. The number of methoxy groups -OCH3 is 1. The third-order valence-electron chi connectivity index (χ3n) is 4.87. The molecule has 2 atom stereocenters. The van der Waals surface area contributed by atoms with Crippen LogP contribution >= 0.6 is 34.8 Å². The standard InChI is InChI=1S/C23H29Cl3O4/c1-15(11-24)12-30-22-20(25)9-17(10-21(22)26)23(2,3)16-5-7-19(8-6-16)29-14-18(27)13-28-4/h5-10,15,18,27H,11-14H2,1-4H3/t15-,18+/m0/s1. The molecule has 0 spiro atoms. The van der Waals surface area contributed by atoms with Crippen LogP contribution in [-0.2, 0) is 10.2 Å². The molecule has 0 amide bonds. The van der Waals surface area contributed by atoms with Crippen LogP contribution in [0, 0.1) is 5.92 Å². The highest BCUT2D eigenvalue weighted by Gasteiger charge is 2.26. The lowest BCUT2D eigenvalue weighted by molar-refractivity contribution is 0.0325. The summed E-state index contributed by atoms with van der Waals surface area (Å²) >= 11 is 18.8. The third kappa shape index (κ3) is 6.66. The summed E-state index contributed by atoms with van der Waals surface area (Å²) < 4.78 is 16.3. The van der Waals surface area contributed by atoms with Crippen molar-refractivity contribution in [3.05, 3.63) is 57.6 Å².